The predicted molar refractivity (Wildman–Crippen MR) is 358 cm³/mol. The molecule has 0 unspecified atom stereocenters. The molecule has 3 aliphatic heterocycles. The normalized spacial score (nSPS) is 23.5. The van der Waals surface area contributed by atoms with Gasteiger partial charge in [0.05, 0.1) is 6.54 Å². The van der Waals surface area contributed by atoms with Crippen molar-refractivity contribution in [2.45, 2.75) is 138 Å². The zero-order valence-electron chi connectivity index (χ0n) is 52.5. The number of H-pyrrole nitrogens is 1. The van der Waals surface area contributed by atoms with Crippen molar-refractivity contribution in [2.24, 2.45) is 17.4 Å². The Morgan fingerprint density at radius 2 is 1.30 bits per heavy atom. The highest BCUT2D eigenvalue weighted by atomic mass is 32.2. The van der Waals surface area contributed by atoms with Crippen molar-refractivity contribution in [3.8, 4) is 5.75 Å². The Hall–Kier alpha value is -8.81. The first-order chi connectivity index (χ1) is 45.3. The third-order valence-electron chi connectivity index (χ3n) is 17.3. The number of aromatic amines is 1. The number of hydrogen-bond acceptors (Lipinski definition) is 14. The SMILES string of the molecule is C[C@@H]1NC(=O)[C@@H]2CCCN2C(=O)[C@H](Cc2ccc3ccccc3c2)NC(=O)[C@H](Cc2c[nH]c3ccc(F)cc23)CC(=O)CNC(=O)[C@H](CCCCN)NC(=O)CCSCc2cccc(c2)CSC[C@@H](C(N)=O)NC(=O)[C@@H]2CCCN2C(=O)[C@H](Cc2ccc(O)cc2)NC1=O. The molecule has 2 fully saturated rings. The number of aromatic nitrogens is 1. The molecule has 22 nitrogen and oxygen atoms in total. The number of carbonyl (C=O) groups is 10. The Morgan fingerprint density at radius 1 is 0.649 bits per heavy atom. The summed E-state index contributed by atoms with van der Waals surface area (Å²) >= 11 is 2.89. The van der Waals surface area contributed by atoms with Gasteiger partial charge in [-0.2, -0.15) is 23.5 Å². The fourth-order valence-electron chi connectivity index (χ4n) is 12.3. The van der Waals surface area contributed by atoms with Crippen LogP contribution in [0.3, 0.4) is 0 Å². The lowest BCUT2D eigenvalue weighted by atomic mass is 9.92. The lowest BCUT2D eigenvalue weighted by Crippen LogP contribution is -2.59. The zero-order valence-corrected chi connectivity index (χ0v) is 54.1. The van der Waals surface area contributed by atoms with E-state index in [1.54, 1.807) is 24.4 Å². The van der Waals surface area contributed by atoms with Crippen LogP contribution in [0.5, 0.6) is 5.75 Å². The first-order valence-corrected chi connectivity index (χ1v) is 34.3. The number of benzene rings is 5. The molecule has 9 rings (SSSR count). The number of fused-ring (bicyclic) bond motifs is 6. The minimum absolute atomic E-state index is 0.0307. The molecule has 3 aliphatic rings. The number of aromatic hydroxyl groups is 1. The molecule has 0 spiro atoms. The molecular formula is C69H82FN11O11S2. The van der Waals surface area contributed by atoms with Gasteiger partial charge in [0.2, 0.25) is 53.2 Å². The Labute approximate surface area is 553 Å². The topological polar surface area (TPSA) is 337 Å². The summed E-state index contributed by atoms with van der Waals surface area (Å²) in [6.45, 7) is 1.51. The number of primary amides is 1. The number of hydrogen-bond donors (Lipinski definition) is 10. The van der Waals surface area contributed by atoms with Gasteiger partial charge in [-0.3, -0.25) is 47.9 Å². The molecule has 94 heavy (non-hydrogen) atoms. The standard InChI is InChI=1S/C69H82FN11O11S2/c1-41-63(86)77-56(31-42-17-21-51(82)22-18-42)68(91)81-27-8-15-60(81)67(90)79-58(62(72)85)40-94-39-45-10-6-9-44(29-45)38-93-28-24-61(84)76-55(13-4-5-25-71)65(88)74-37-52(83)34-48(33-49-36-73-54-23-20-50(70)35-53(49)54)64(87)78-57(69(92)80-26-7-14-59(80)66(89)75-41)32-43-16-19-46-11-2-3-12-47(46)30-43/h2-3,6,9-12,16-23,29-30,35-36,41,48,55-60,73,82H,4-5,7-8,13-15,24-28,31-34,37-40,71H2,1H3,(H2,72,85)(H,74,88)(H,75,89)(H,76,84)(H,77,86)(H,78,87)(H,79,90)/t41-,48+,55-,56-,57-,58-,59-,60-/m0/s1. The summed E-state index contributed by atoms with van der Waals surface area (Å²) in [5.41, 5.74) is 15.9. The van der Waals surface area contributed by atoms with Gasteiger partial charge < -0.3 is 63.3 Å². The Bertz CT molecular complexity index is 3740. The van der Waals surface area contributed by atoms with E-state index in [4.69, 9.17) is 11.5 Å². The minimum atomic E-state index is -1.33. The summed E-state index contributed by atoms with van der Waals surface area (Å²) in [5.74, 6) is -6.51. The lowest BCUT2D eigenvalue weighted by Gasteiger charge is -2.31. The number of Topliss-reactive ketones (excluding diaryl/α,β-unsaturated/α-hetero) is 1. The third-order valence-corrected chi connectivity index (χ3v) is 19.5. The maximum atomic E-state index is 15.3. The van der Waals surface area contributed by atoms with Gasteiger partial charge in [-0.15, -0.1) is 0 Å². The van der Waals surface area contributed by atoms with Crippen LogP contribution in [0.25, 0.3) is 21.7 Å². The van der Waals surface area contributed by atoms with Gasteiger partial charge in [-0.25, -0.2) is 4.39 Å². The van der Waals surface area contributed by atoms with Gasteiger partial charge in [-0.05, 0) is 134 Å². The maximum absolute atomic E-state index is 15.3. The smallest absolute Gasteiger partial charge is 0.246 e. The van der Waals surface area contributed by atoms with Crippen molar-refractivity contribution >= 4 is 104 Å². The van der Waals surface area contributed by atoms with Crippen molar-refractivity contribution in [3.63, 3.8) is 0 Å². The van der Waals surface area contributed by atoms with Crippen LogP contribution in [0.2, 0.25) is 0 Å². The molecule has 0 radical (unpaired) electrons. The monoisotopic (exact) mass is 1320 g/mol. The van der Waals surface area contributed by atoms with Crippen LogP contribution in [0.15, 0.2) is 115 Å². The number of rotatable bonds is 11. The molecule has 6 aromatic rings. The molecule has 2 saturated heterocycles. The number of phenolic OH excluding ortho intramolecular Hbond substituents is 1. The number of thioether (sulfide) groups is 2. The van der Waals surface area contributed by atoms with E-state index >= 15 is 9.59 Å². The fourth-order valence-corrected chi connectivity index (χ4v) is 14.2. The lowest BCUT2D eigenvalue weighted by molar-refractivity contribution is -0.143. The number of nitrogens with zero attached hydrogens (tertiary/aromatic N) is 2. The van der Waals surface area contributed by atoms with E-state index in [9.17, 15) is 47.9 Å². The first kappa shape index (κ1) is 69.5. The summed E-state index contributed by atoms with van der Waals surface area (Å²) in [6.07, 6.45) is 3.57. The second-order valence-electron chi connectivity index (χ2n) is 24.4. The van der Waals surface area contributed by atoms with Crippen LogP contribution >= 0.6 is 23.5 Å². The first-order valence-electron chi connectivity index (χ1n) is 32.0. The molecule has 9 amide bonds. The average molecular weight is 1320 g/mol. The molecular weight excluding hydrogens is 1240 g/mol. The molecule has 5 aromatic carbocycles. The molecule has 25 heteroatoms. The number of ketones is 1. The molecule has 4 heterocycles. The van der Waals surface area contributed by atoms with E-state index in [0.717, 1.165) is 21.9 Å². The highest BCUT2D eigenvalue weighted by Crippen LogP contribution is 2.28. The number of phenols is 1. The second-order valence-corrected chi connectivity index (χ2v) is 26.5. The highest BCUT2D eigenvalue weighted by Gasteiger charge is 2.42. The summed E-state index contributed by atoms with van der Waals surface area (Å²) in [7, 11) is 0. The minimum Gasteiger partial charge on any atom is -0.508 e. The molecule has 1 aromatic heterocycles. The molecule has 0 aliphatic carbocycles. The predicted octanol–water partition coefficient (Wildman–Crippen LogP) is 4.50. The van der Waals surface area contributed by atoms with Crippen molar-refractivity contribution in [2.75, 3.05) is 37.7 Å². The van der Waals surface area contributed by atoms with E-state index in [1.165, 1.54) is 64.5 Å². The average Bonchev–Trinajstić information content (AvgIpc) is 1.63. The van der Waals surface area contributed by atoms with Crippen molar-refractivity contribution in [1.82, 2.24) is 46.7 Å². The van der Waals surface area contributed by atoms with Crippen LogP contribution < -0.4 is 43.4 Å². The van der Waals surface area contributed by atoms with Gasteiger partial charge in [0.1, 0.15) is 53.9 Å². The number of nitrogens with one attached hydrogen (secondary N) is 7. The van der Waals surface area contributed by atoms with Gasteiger partial charge in [0.15, 0.2) is 5.78 Å². The van der Waals surface area contributed by atoms with E-state index in [1.807, 2.05) is 66.7 Å². The summed E-state index contributed by atoms with van der Waals surface area (Å²) in [4.78, 5) is 149. The molecule has 2 bridgehead atoms. The van der Waals surface area contributed by atoms with Crippen LogP contribution in [0.4, 0.5) is 4.39 Å². The Morgan fingerprint density at radius 3 is 1.99 bits per heavy atom. The van der Waals surface area contributed by atoms with Gasteiger partial charge in [-0.1, -0.05) is 78.9 Å². The van der Waals surface area contributed by atoms with E-state index in [2.05, 4.69) is 36.9 Å². The van der Waals surface area contributed by atoms with Crippen LogP contribution in [-0.4, -0.2) is 159 Å². The summed E-state index contributed by atoms with van der Waals surface area (Å²) in [6, 6.07) is 23.0. The summed E-state index contributed by atoms with van der Waals surface area (Å²) < 4.78 is 14.8. The number of halogens is 1. The number of carbonyl (C=O) groups excluding carboxylic acids is 10. The molecule has 8 atom stereocenters. The van der Waals surface area contributed by atoms with E-state index in [-0.39, 0.29) is 75.4 Å². The van der Waals surface area contributed by atoms with Gasteiger partial charge in [0.25, 0.3) is 0 Å². The quantitative estimate of drug-likeness (QED) is 0.0800. The van der Waals surface area contributed by atoms with Crippen molar-refractivity contribution in [3.05, 3.63) is 149 Å². The van der Waals surface area contributed by atoms with Crippen molar-refractivity contribution < 1.29 is 57.4 Å². The largest absolute Gasteiger partial charge is 0.508 e. The zero-order chi connectivity index (χ0) is 66.8. The number of nitrogens with two attached hydrogens (primary N) is 2. The Kier molecular flexibility index (Phi) is 24.7. The van der Waals surface area contributed by atoms with Gasteiger partial charge >= 0.3 is 0 Å². The maximum Gasteiger partial charge on any atom is 0.246 e. The molecule has 12 N–H and O–H groups in total. The third kappa shape index (κ3) is 19.0. The molecule has 498 valence electrons. The number of amides is 9. The Balaban J connectivity index is 1.00. The van der Waals surface area contributed by atoms with Crippen molar-refractivity contribution in [1.29, 1.82) is 0 Å². The van der Waals surface area contributed by atoms with Crippen LogP contribution in [0.1, 0.15) is 92.5 Å². The van der Waals surface area contributed by atoms with Gasteiger partial charge in [0, 0.05) is 84.8 Å². The second kappa shape index (κ2) is 33.3. The highest BCUT2D eigenvalue weighted by molar-refractivity contribution is 7.98. The number of unbranched alkanes of at least 4 members (excludes halogenated alkanes) is 1. The summed E-state index contributed by atoms with van der Waals surface area (Å²) in [5, 5.41) is 29.1. The fraction of sp³-hybridized carbons (Fsp3) is 0.420. The van der Waals surface area contributed by atoms with Crippen LogP contribution in [0, 0.1) is 11.7 Å². The van der Waals surface area contributed by atoms with E-state index in [0.29, 0.717) is 77.1 Å². The molecule has 0 saturated carbocycles. The van der Waals surface area contributed by atoms with E-state index < -0.39 is 120 Å². The van der Waals surface area contributed by atoms with Crippen LogP contribution in [-0.2, 0) is 78.7 Å².